The van der Waals surface area contributed by atoms with Crippen LogP contribution in [0.1, 0.15) is 71.6 Å². The van der Waals surface area contributed by atoms with Gasteiger partial charge in [0.15, 0.2) is 12.6 Å². The quantitative estimate of drug-likeness (QED) is 0.0458. The summed E-state index contributed by atoms with van der Waals surface area (Å²) in [5.41, 5.74) is -1.80. The summed E-state index contributed by atoms with van der Waals surface area (Å²) in [5, 5.41) is 114. The summed E-state index contributed by atoms with van der Waals surface area (Å²) in [6.07, 6.45) is -17.8. The first-order valence-electron chi connectivity index (χ1n) is 19.9. The number of rotatable bonds is 9. The molecule has 7 rings (SSSR count). The summed E-state index contributed by atoms with van der Waals surface area (Å²) in [5.74, 6) is -0.591. The van der Waals surface area contributed by atoms with Gasteiger partial charge in [-0.25, -0.2) is 0 Å². The maximum atomic E-state index is 14.1. The molecule has 57 heavy (non-hydrogen) atoms. The second kappa shape index (κ2) is 17.2. The van der Waals surface area contributed by atoms with E-state index >= 15 is 0 Å². The Morgan fingerprint density at radius 2 is 1.21 bits per heavy atom. The Morgan fingerprint density at radius 1 is 0.684 bits per heavy atom. The zero-order valence-corrected chi connectivity index (χ0v) is 31.8. The van der Waals surface area contributed by atoms with Crippen molar-refractivity contribution in [3.63, 3.8) is 0 Å². The summed E-state index contributed by atoms with van der Waals surface area (Å²) >= 11 is 0. The van der Waals surface area contributed by atoms with Gasteiger partial charge in [0.2, 0.25) is 6.29 Å². The van der Waals surface area contributed by atoms with Crippen molar-refractivity contribution in [1.29, 1.82) is 0 Å². The van der Waals surface area contributed by atoms with Gasteiger partial charge in [-0.1, -0.05) is 19.9 Å². The maximum absolute atomic E-state index is 14.1. The molecule has 0 radical (unpaired) electrons. The van der Waals surface area contributed by atoms with Crippen LogP contribution < -0.4 is 0 Å². The SMILES string of the molecule is C=C1C[C@@]23CC[C@H]4[C@@](C)(CCC[C@@]4(C)C(=O)O[C@@H]4O[C@H](CO)[C@@H](O)[C@H](O)[C@H]4O)[C@@H]2CC[C@]1(O[C@@H]1O[C@H](CO)[C@@H](O)[C@H](O)[C@H]1O[C@@H]1O[C@H](CO)[C@@H](O)[C@H](O)[C@H]1O)C3.[CaH2]. The van der Waals surface area contributed by atoms with Crippen LogP contribution in [0.5, 0.6) is 0 Å². The van der Waals surface area contributed by atoms with E-state index in [1.165, 1.54) is 0 Å². The molecule has 1 spiro atoms. The zero-order valence-electron chi connectivity index (χ0n) is 31.8. The van der Waals surface area contributed by atoms with Crippen LogP contribution in [0.15, 0.2) is 12.2 Å². The molecular weight excluding hydrogens is 784 g/mol. The fourth-order valence-corrected chi connectivity index (χ4v) is 12.0. The molecular formula is C38H62CaO18. The van der Waals surface area contributed by atoms with Crippen molar-refractivity contribution < 1.29 is 89.4 Å². The number of esters is 1. The Labute approximate surface area is 360 Å². The van der Waals surface area contributed by atoms with Crippen LogP contribution in [0.4, 0.5) is 0 Å². The predicted molar refractivity (Wildman–Crippen MR) is 195 cm³/mol. The predicted octanol–water partition coefficient (Wildman–Crippen LogP) is -3.85. The van der Waals surface area contributed by atoms with E-state index < -0.39 is 129 Å². The van der Waals surface area contributed by atoms with E-state index in [0.29, 0.717) is 44.9 Å². The molecule has 7 aliphatic rings. The van der Waals surface area contributed by atoms with Crippen molar-refractivity contribution in [2.24, 2.45) is 28.1 Å². The van der Waals surface area contributed by atoms with E-state index in [1.54, 1.807) is 0 Å². The molecule has 0 aromatic rings. The van der Waals surface area contributed by atoms with Crippen molar-refractivity contribution in [2.75, 3.05) is 19.8 Å². The molecule has 7 fully saturated rings. The Balaban J connectivity index is 0.00000549. The Bertz CT molecular complexity index is 1460. The van der Waals surface area contributed by atoms with Crippen molar-refractivity contribution in [3.05, 3.63) is 12.2 Å². The summed E-state index contributed by atoms with van der Waals surface area (Å²) in [4.78, 5) is 14.1. The van der Waals surface area contributed by atoms with Gasteiger partial charge in [0, 0.05) is 0 Å². The number of aliphatic hydroxyl groups excluding tert-OH is 11. The molecule has 18 nitrogen and oxygen atoms in total. The number of fused-ring (bicyclic) bond motifs is 3. The van der Waals surface area contributed by atoms with E-state index in [9.17, 15) is 61.0 Å². The average molecular weight is 847 g/mol. The van der Waals surface area contributed by atoms with Crippen LogP contribution in [-0.4, -0.2) is 217 Å². The van der Waals surface area contributed by atoms with Gasteiger partial charge in [0.25, 0.3) is 0 Å². The van der Waals surface area contributed by atoms with Crippen LogP contribution in [0.2, 0.25) is 0 Å². The second-order valence-electron chi connectivity index (χ2n) is 18.0. The minimum atomic E-state index is -1.81. The van der Waals surface area contributed by atoms with E-state index in [-0.39, 0.29) is 60.4 Å². The van der Waals surface area contributed by atoms with Crippen LogP contribution in [0.25, 0.3) is 0 Å². The van der Waals surface area contributed by atoms with Gasteiger partial charge in [0.05, 0.1) is 30.8 Å². The van der Waals surface area contributed by atoms with Crippen molar-refractivity contribution >= 4 is 43.7 Å². The van der Waals surface area contributed by atoms with Gasteiger partial charge < -0.3 is 84.6 Å². The van der Waals surface area contributed by atoms with Gasteiger partial charge in [0.1, 0.15) is 73.2 Å². The van der Waals surface area contributed by atoms with Gasteiger partial charge in [-0.3, -0.25) is 4.79 Å². The van der Waals surface area contributed by atoms with Crippen LogP contribution in [0.3, 0.4) is 0 Å². The van der Waals surface area contributed by atoms with Crippen molar-refractivity contribution in [3.8, 4) is 0 Å². The summed E-state index contributed by atoms with van der Waals surface area (Å²) in [7, 11) is 0. The molecule has 2 bridgehead atoms. The molecule has 21 atom stereocenters. The first-order valence-corrected chi connectivity index (χ1v) is 19.9. The third kappa shape index (κ3) is 7.61. The fraction of sp³-hybridized carbons (Fsp3) is 0.921. The number of hydrogen-bond donors (Lipinski definition) is 11. The Hall–Kier alpha value is -0.170. The molecule has 0 unspecified atom stereocenters. The third-order valence-electron chi connectivity index (χ3n) is 15.0. The van der Waals surface area contributed by atoms with Gasteiger partial charge in [-0.05, 0) is 86.5 Å². The minimum absolute atomic E-state index is 0. The fourth-order valence-electron chi connectivity index (χ4n) is 12.0. The van der Waals surface area contributed by atoms with E-state index in [0.717, 1.165) is 18.4 Å². The first kappa shape index (κ1) is 46.3. The molecule has 3 aliphatic heterocycles. The van der Waals surface area contributed by atoms with E-state index in [2.05, 4.69) is 13.5 Å². The molecule has 0 aromatic heterocycles. The van der Waals surface area contributed by atoms with Crippen molar-refractivity contribution in [1.82, 2.24) is 0 Å². The van der Waals surface area contributed by atoms with E-state index in [4.69, 9.17) is 28.4 Å². The number of carbonyl (C=O) groups excluding carboxylic acids is 1. The second-order valence-corrected chi connectivity index (χ2v) is 18.0. The topological polar surface area (TPSA) is 295 Å². The number of carbonyl (C=O) groups is 1. The molecule has 3 heterocycles. The monoisotopic (exact) mass is 846 g/mol. The number of ether oxygens (including phenoxy) is 6. The number of aliphatic hydroxyl groups is 11. The molecule has 0 amide bonds. The van der Waals surface area contributed by atoms with Crippen LogP contribution in [-0.2, 0) is 33.2 Å². The molecule has 0 aromatic carbocycles. The molecule has 3 saturated heterocycles. The Kier molecular flexibility index (Phi) is 14.0. The standard InChI is InChI=1S/C38H60O18.Ca.2H/c1-16-11-37-9-5-20-35(2,7-4-8-36(20,3)34(50)55-32-29(49)26(46)23(43)18(13-40)52-32)21(37)6-10-38(16,15-37)56-33-30(27(47)24(44)19(14-41)53-33)54-31-28(48)25(45)22(42)17(12-39)51-31;;;/h17-33,39-49H,1,4-15H2,2-3H3;;;/t17-,18-,19-,20+,21+,22-,23-,24-,25+,26+,27+,28-,29-,30-,31+,32+,33+,35-,36-,37-,38+;;;/m1.../s1. The van der Waals surface area contributed by atoms with Crippen LogP contribution in [0, 0.1) is 28.1 Å². The average Bonchev–Trinajstić information content (AvgIpc) is 3.37. The summed E-state index contributed by atoms with van der Waals surface area (Å²) in [6, 6.07) is 0. The van der Waals surface area contributed by atoms with Crippen molar-refractivity contribution in [2.45, 2.75) is 169 Å². The third-order valence-corrected chi connectivity index (χ3v) is 15.0. The molecule has 4 aliphatic carbocycles. The molecule has 19 heteroatoms. The zero-order chi connectivity index (χ0) is 40.7. The first-order chi connectivity index (χ1) is 26.4. The number of hydrogen-bond acceptors (Lipinski definition) is 18. The van der Waals surface area contributed by atoms with E-state index in [1.807, 2.05) is 6.92 Å². The molecule has 11 N–H and O–H groups in total. The summed E-state index contributed by atoms with van der Waals surface area (Å²) < 4.78 is 35.6. The molecule has 4 saturated carbocycles. The summed E-state index contributed by atoms with van der Waals surface area (Å²) in [6.45, 7) is 6.52. The Morgan fingerprint density at radius 3 is 1.81 bits per heavy atom. The van der Waals surface area contributed by atoms with Crippen LogP contribution >= 0.6 is 0 Å². The molecule has 324 valence electrons. The van der Waals surface area contributed by atoms with Gasteiger partial charge >= 0.3 is 43.7 Å². The normalized spacial score (nSPS) is 53.6. The van der Waals surface area contributed by atoms with Gasteiger partial charge in [-0.15, -0.1) is 0 Å². The van der Waals surface area contributed by atoms with Gasteiger partial charge in [-0.2, -0.15) is 0 Å².